The Morgan fingerprint density at radius 1 is 0.868 bits per heavy atom. The van der Waals surface area contributed by atoms with E-state index >= 15 is 0 Å². The second kappa shape index (κ2) is 11.6. The average molecular weight is 528 g/mol. The van der Waals surface area contributed by atoms with Crippen LogP contribution >= 0.6 is 11.3 Å². The van der Waals surface area contributed by atoms with Crippen LogP contribution in [0.2, 0.25) is 0 Å². The molecule has 6 rings (SSSR count). The molecule has 1 amide bonds. The molecule has 0 atom stereocenters. The number of piperazine rings is 1. The van der Waals surface area contributed by atoms with Gasteiger partial charge in [0.1, 0.15) is 0 Å². The molecule has 2 saturated heterocycles. The van der Waals surface area contributed by atoms with Crippen molar-refractivity contribution < 1.29 is 9.32 Å². The zero-order valence-corrected chi connectivity index (χ0v) is 22.3. The lowest BCUT2D eigenvalue weighted by Crippen LogP contribution is -2.52. The second-order valence-electron chi connectivity index (χ2n) is 10.1. The molecular weight excluding hydrogens is 494 g/mol. The van der Waals surface area contributed by atoms with Crippen molar-refractivity contribution >= 4 is 17.2 Å². The van der Waals surface area contributed by atoms with E-state index in [2.05, 4.69) is 85.5 Å². The van der Waals surface area contributed by atoms with E-state index in [9.17, 15) is 4.79 Å². The Balaban J connectivity index is 1.02. The van der Waals surface area contributed by atoms with E-state index in [0.29, 0.717) is 24.2 Å². The van der Waals surface area contributed by atoms with Gasteiger partial charge in [-0.25, -0.2) is 0 Å². The molecule has 38 heavy (non-hydrogen) atoms. The van der Waals surface area contributed by atoms with Gasteiger partial charge in [0.2, 0.25) is 17.6 Å². The van der Waals surface area contributed by atoms with E-state index in [1.807, 2.05) is 17.5 Å². The molecule has 0 bridgehead atoms. The molecule has 196 valence electrons. The Bertz CT molecular complexity index is 1260. The van der Waals surface area contributed by atoms with E-state index in [1.165, 1.54) is 11.1 Å². The molecule has 0 radical (unpaired) electrons. The van der Waals surface area contributed by atoms with E-state index < -0.39 is 0 Å². The van der Waals surface area contributed by atoms with Gasteiger partial charge in [-0.1, -0.05) is 71.9 Å². The predicted octanol–water partition coefficient (Wildman–Crippen LogP) is 4.94. The minimum atomic E-state index is 0.0983. The largest absolute Gasteiger partial charge is 0.340 e. The Hall–Kier alpha value is -3.33. The van der Waals surface area contributed by atoms with E-state index in [1.54, 1.807) is 11.3 Å². The van der Waals surface area contributed by atoms with Gasteiger partial charge >= 0.3 is 0 Å². The van der Waals surface area contributed by atoms with Gasteiger partial charge in [0.25, 0.3) is 0 Å². The molecule has 7 nitrogen and oxygen atoms in total. The summed E-state index contributed by atoms with van der Waals surface area (Å²) in [6.07, 6.45) is 1.75. The van der Waals surface area contributed by atoms with Crippen LogP contribution in [0.25, 0.3) is 10.7 Å². The number of nitrogens with zero attached hydrogens (tertiary/aromatic N) is 5. The van der Waals surface area contributed by atoms with Crippen molar-refractivity contribution in [2.75, 3.05) is 39.3 Å². The standard InChI is InChI=1S/C30H33N5O2S/c36-30(25-13-15-33(16-14-25)22-27-31-29(32-37-27)26-12-7-21-38-26)35-19-17-34(18-20-35)28(23-8-3-1-4-9-23)24-10-5-2-6-11-24/h1-12,21,25,28H,13-20,22H2. The summed E-state index contributed by atoms with van der Waals surface area (Å²) in [4.78, 5) is 25.9. The van der Waals surface area contributed by atoms with Gasteiger partial charge in [-0.05, 0) is 48.5 Å². The molecule has 2 aromatic carbocycles. The number of hydrogen-bond acceptors (Lipinski definition) is 7. The molecule has 4 aromatic rings. The monoisotopic (exact) mass is 527 g/mol. The average Bonchev–Trinajstić information content (AvgIpc) is 3.68. The molecule has 0 aliphatic carbocycles. The number of carbonyl (C=O) groups excluding carboxylic acids is 1. The van der Waals surface area contributed by atoms with Crippen LogP contribution in [-0.4, -0.2) is 70.0 Å². The summed E-state index contributed by atoms with van der Waals surface area (Å²) in [5.41, 5.74) is 2.60. The van der Waals surface area contributed by atoms with Crippen molar-refractivity contribution in [3.63, 3.8) is 0 Å². The third-order valence-corrected chi connectivity index (χ3v) is 8.59. The Kier molecular flexibility index (Phi) is 7.62. The molecule has 4 heterocycles. The first kappa shape index (κ1) is 25.0. The lowest BCUT2D eigenvalue weighted by molar-refractivity contribution is -0.139. The second-order valence-corrected chi connectivity index (χ2v) is 11.1. The van der Waals surface area contributed by atoms with Crippen molar-refractivity contribution in [2.45, 2.75) is 25.4 Å². The maximum atomic E-state index is 13.4. The molecule has 2 aliphatic heterocycles. The van der Waals surface area contributed by atoms with Crippen molar-refractivity contribution in [3.05, 3.63) is 95.2 Å². The predicted molar refractivity (Wildman–Crippen MR) is 148 cm³/mol. The summed E-state index contributed by atoms with van der Waals surface area (Å²) < 4.78 is 5.48. The Morgan fingerprint density at radius 2 is 1.53 bits per heavy atom. The lowest BCUT2D eigenvalue weighted by Gasteiger charge is -2.41. The van der Waals surface area contributed by atoms with Crippen LogP contribution in [0.5, 0.6) is 0 Å². The maximum Gasteiger partial charge on any atom is 0.241 e. The van der Waals surface area contributed by atoms with Crippen molar-refractivity contribution in [3.8, 4) is 10.7 Å². The number of aromatic nitrogens is 2. The SMILES string of the molecule is O=C(C1CCN(Cc2nc(-c3cccs3)no2)CC1)N1CCN(C(c2ccccc2)c2ccccc2)CC1. The highest BCUT2D eigenvalue weighted by Crippen LogP contribution is 2.30. The zero-order valence-electron chi connectivity index (χ0n) is 21.5. The van der Waals surface area contributed by atoms with Gasteiger partial charge in [-0.15, -0.1) is 11.3 Å². The third-order valence-electron chi connectivity index (χ3n) is 7.73. The number of benzene rings is 2. The van der Waals surface area contributed by atoms with Crippen LogP contribution in [0.1, 0.15) is 35.9 Å². The number of amides is 1. The molecule has 0 N–H and O–H groups in total. The lowest BCUT2D eigenvalue weighted by atomic mass is 9.94. The molecule has 0 saturated carbocycles. The summed E-state index contributed by atoms with van der Waals surface area (Å²) >= 11 is 1.61. The van der Waals surface area contributed by atoms with Gasteiger partial charge in [0.15, 0.2) is 0 Å². The fourth-order valence-electron chi connectivity index (χ4n) is 5.70. The maximum absolute atomic E-state index is 13.4. The molecule has 8 heteroatoms. The van der Waals surface area contributed by atoms with Gasteiger partial charge < -0.3 is 9.42 Å². The van der Waals surface area contributed by atoms with Gasteiger partial charge in [0.05, 0.1) is 17.5 Å². The topological polar surface area (TPSA) is 65.7 Å². The molecule has 0 spiro atoms. The minimum Gasteiger partial charge on any atom is -0.340 e. The van der Waals surface area contributed by atoms with Gasteiger partial charge in [-0.2, -0.15) is 4.98 Å². The summed E-state index contributed by atoms with van der Waals surface area (Å²) in [5, 5.41) is 6.13. The third kappa shape index (κ3) is 5.57. The van der Waals surface area contributed by atoms with Crippen LogP contribution in [0.15, 0.2) is 82.7 Å². The smallest absolute Gasteiger partial charge is 0.241 e. The Labute approximate surface area is 227 Å². The minimum absolute atomic E-state index is 0.0983. The first-order chi connectivity index (χ1) is 18.7. The number of hydrogen-bond donors (Lipinski definition) is 0. The highest BCUT2D eigenvalue weighted by Gasteiger charge is 2.33. The quantitative estimate of drug-likeness (QED) is 0.339. The zero-order chi connectivity index (χ0) is 25.7. The molecule has 0 unspecified atom stereocenters. The summed E-state index contributed by atoms with van der Waals surface area (Å²) in [5.74, 6) is 1.71. The molecular formula is C30H33N5O2S. The summed E-state index contributed by atoms with van der Waals surface area (Å²) in [6, 6.07) is 25.6. The number of carbonyl (C=O) groups is 1. The molecule has 2 fully saturated rings. The number of thiophene rings is 1. The first-order valence-corrected chi connectivity index (χ1v) is 14.3. The van der Waals surface area contributed by atoms with Crippen molar-refractivity contribution in [1.82, 2.24) is 24.8 Å². The van der Waals surface area contributed by atoms with E-state index in [0.717, 1.165) is 57.0 Å². The van der Waals surface area contributed by atoms with Gasteiger partial charge in [0, 0.05) is 32.1 Å². The van der Waals surface area contributed by atoms with Crippen LogP contribution in [0, 0.1) is 5.92 Å². The van der Waals surface area contributed by atoms with Crippen LogP contribution in [0.4, 0.5) is 0 Å². The highest BCUT2D eigenvalue weighted by molar-refractivity contribution is 7.13. The van der Waals surface area contributed by atoms with Gasteiger partial charge in [-0.3, -0.25) is 14.6 Å². The van der Waals surface area contributed by atoms with E-state index in [4.69, 9.17) is 4.52 Å². The highest BCUT2D eigenvalue weighted by atomic mass is 32.1. The van der Waals surface area contributed by atoms with E-state index in [-0.39, 0.29) is 12.0 Å². The number of likely N-dealkylation sites (tertiary alicyclic amines) is 1. The number of rotatable bonds is 7. The fourth-order valence-corrected chi connectivity index (χ4v) is 6.35. The normalized spacial score (nSPS) is 17.8. The number of piperidine rings is 1. The molecule has 2 aromatic heterocycles. The summed E-state index contributed by atoms with van der Waals surface area (Å²) in [7, 11) is 0. The van der Waals surface area contributed by atoms with Crippen molar-refractivity contribution in [1.29, 1.82) is 0 Å². The fraction of sp³-hybridized carbons (Fsp3) is 0.367. The van der Waals surface area contributed by atoms with Crippen LogP contribution in [-0.2, 0) is 11.3 Å². The molecule has 2 aliphatic rings. The van der Waals surface area contributed by atoms with Crippen LogP contribution < -0.4 is 0 Å². The Morgan fingerprint density at radius 3 is 2.13 bits per heavy atom. The first-order valence-electron chi connectivity index (χ1n) is 13.5. The van der Waals surface area contributed by atoms with Crippen LogP contribution in [0.3, 0.4) is 0 Å². The summed E-state index contributed by atoms with van der Waals surface area (Å²) in [6.45, 7) is 5.70. The van der Waals surface area contributed by atoms with Crippen molar-refractivity contribution in [2.24, 2.45) is 5.92 Å².